The number of aliphatic hydroxyl groups is 1. The zero-order valence-corrected chi connectivity index (χ0v) is 14.9. The minimum absolute atomic E-state index is 0.0930. The Bertz CT molecular complexity index is 910. The molecule has 5 nitrogen and oxygen atoms in total. The Morgan fingerprint density at radius 2 is 2.16 bits per heavy atom. The maximum atomic E-state index is 14.3. The third kappa shape index (κ3) is 3.95. The van der Waals surface area contributed by atoms with Gasteiger partial charge in [-0.15, -0.1) is 0 Å². The van der Waals surface area contributed by atoms with Crippen LogP contribution >= 0.6 is 15.9 Å². The number of aromatic nitrogens is 2. The van der Waals surface area contributed by atoms with Crippen LogP contribution in [0.5, 0.6) is 0 Å². The summed E-state index contributed by atoms with van der Waals surface area (Å²) in [6.45, 7) is -0.197. The molecular formula is C18H16BrFN2O3. The molecule has 1 aromatic carbocycles. The van der Waals surface area contributed by atoms with Crippen LogP contribution in [0.2, 0.25) is 0 Å². The molecule has 0 fully saturated rings. The van der Waals surface area contributed by atoms with Crippen molar-refractivity contribution in [3.63, 3.8) is 0 Å². The normalized spacial score (nSPS) is 11.2. The highest BCUT2D eigenvalue weighted by Gasteiger charge is 2.17. The van der Waals surface area contributed by atoms with Gasteiger partial charge in [0.2, 0.25) is 0 Å². The molecule has 2 aromatic heterocycles. The van der Waals surface area contributed by atoms with E-state index in [9.17, 15) is 9.18 Å². The average Bonchev–Trinajstić information content (AvgIpc) is 3.06. The fourth-order valence-electron chi connectivity index (χ4n) is 2.64. The van der Waals surface area contributed by atoms with Gasteiger partial charge in [0.25, 0.3) is 0 Å². The van der Waals surface area contributed by atoms with E-state index in [1.807, 2.05) is 0 Å². The number of carbonyl (C=O) groups is 1. The first-order valence-electron chi connectivity index (χ1n) is 7.70. The monoisotopic (exact) mass is 406 g/mol. The largest absolute Gasteiger partial charge is 0.394 e. The van der Waals surface area contributed by atoms with Gasteiger partial charge in [-0.05, 0) is 29.8 Å². The van der Waals surface area contributed by atoms with E-state index >= 15 is 0 Å². The molecule has 3 rings (SSSR count). The van der Waals surface area contributed by atoms with Gasteiger partial charge in [0.05, 0.1) is 31.3 Å². The first-order valence-corrected chi connectivity index (χ1v) is 8.49. The number of ether oxygens (including phenoxy) is 1. The molecule has 7 heteroatoms. The number of benzene rings is 1. The number of ketones is 1. The van der Waals surface area contributed by atoms with E-state index < -0.39 is 0 Å². The number of hydrogen-bond acceptors (Lipinski definition) is 4. The highest BCUT2D eigenvalue weighted by Crippen LogP contribution is 2.22. The maximum absolute atomic E-state index is 14.3. The van der Waals surface area contributed by atoms with Crippen LogP contribution in [0, 0.1) is 5.82 Å². The number of pyridine rings is 1. The summed E-state index contributed by atoms with van der Waals surface area (Å²) in [5, 5.41) is 8.77. The van der Waals surface area contributed by atoms with Crippen LogP contribution in [0.3, 0.4) is 0 Å². The number of nitrogens with zero attached hydrogens (tertiary/aromatic N) is 2. The average molecular weight is 407 g/mol. The van der Waals surface area contributed by atoms with Crippen molar-refractivity contribution in [1.82, 2.24) is 9.38 Å². The lowest BCUT2D eigenvalue weighted by Gasteiger charge is -2.13. The first-order chi connectivity index (χ1) is 12.1. The first kappa shape index (κ1) is 17.7. The van der Waals surface area contributed by atoms with Crippen molar-refractivity contribution < 1.29 is 19.0 Å². The Morgan fingerprint density at radius 1 is 1.32 bits per heavy atom. The molecule has 0 aliphatic carbocycles. The van der Waals surface area contributed by atoms with Gasteiger partial charge in [0.1, 0.15) is 12.4 Å². The molecule has 0 saturated heterocycles. The molecule has 25 heavy (non-hydrogen) atoms. The molecule has 0 atom stereocenters. The minimum Gasteiger partial charge on any atom is -0.394 e. The van der Waals surface area contributed by atoms with Crippen molar-refractivity contribution in [2.45, 2.75) is 6.42 Å². The van der Waals surface area contributed by atoms with Crippen molar-refractivity contribution in [3.05, 3.63) is 70.0 Å². The predicted octanol–water partition coefficient (Wildman–Crippen LogP) is 3.02. The summed E-state index contributed by atoms with van der Waals surface area (Å²) in [5.74, 6) is -0.571. The third-order valence-electron chi connectivity index (χ3n) is 3.83. The predicted molar refractivity (Wildman–Crippen MR) is 94.3 cm³/mol. The maximum Gasteiger partial charge on any atom is 0.190 e. The van der Waals surface area contributed by atoms with E-state index in [1.165, 1.54) is 6.07 Å². The van der Waals surface area contributed by atoms with Gasteiger partial charge in [-0.25, -0.2) is 9.37 Å². The lowest BCUT2D eigenvalue weighted by Crippen LogP contribution is -2.16. The fraction of sp³-hybridized carbons (Fsp3) is 0.222. The van der Waals surface area contributed by atoms with Crippen LogP contribution in [0.1, 0.15) is 21.6 Å². The molecular weight excluding hydrogens is 391 g/mol. The highest BCUT2D eigenvalue weighted by atomic mass is 79.9. The van der Waals surface area contributed by atoms with Crippen LogP contribution in [-0.2, 0) is 11.2 Å². The molecule has 3 aromatic rings. The standard InChI is InChI=1S/C18H16BrFN2O3/c19-13-2-1-12(16(20)8-13)7-17-15(18(24)10-25-6-5-23)4-3-14-9-21-11-22(14)17/h1-4,8-9,11,23H,5-7,10H2. The second kappa shape index (κ2) is 7.86. The van der Waals surface area contributed by atoms with Crippen molar-refractivity contribution in [2.75, 3.05) is 19.8 Å². The summed E-state index contributed by atoms with van der Waals surface area (Å²) in [6, 6.07) is 8.33. The van der Waals surface area contributed by atoms with Gasteiger partial charge in [-0.2, -0.15) is 0 Å². The van der Waals surface area contributed by atoms with Crippen molar-refractivity contribution in [1.29, 1.82) is 0 Å². The van der Waals surface area contributed by atoms with E-state index in [0.29, 0.717) is 21.3 Å². The zero-order chi connectivity index (χ0) is 17.8. The summed E-state index contributed by atoms with van der Waals surface area (Å²) < 4.78 is 21.8. The lowest BCUT2D eigenvalue weighted by atomic mass is 10.0. The van der Waals surface area contributed by atoms with Crippen molar-refractivity contribution >= 4 is 27.2 Å². The quantitative estimate of drug-likeness (QED) is 0.483. The summed E-state index contributed by atoms with van der Waals surface area (Å²) in [7, 11) is 0. The number of Topliss-reactive ketones (excluding diaryl/α,β-unsaturated/α-hetero) is 1. The summed E-state index contributed by atoms with van der Waals surface area (Å²) in [4.78, 5) is 16.6. The van der Waals surface area contributed by atoms with E-state index in [1.54, 1.807) is 41.2 Å². The fourth-order valence-corrected chi connectivity index (χ4v) is 2.97. The molecule has 2 heterocycles. The van der Waals surface area contributed by atoms with E-state index in [2.05, 4.69) is 20.9 Å². The SMILES string of the molecule is O=C(COCCO)c1ccc2cncn2c1Cc1ccc(Br)cc1F. The molecule has 0 amide bonds. The third-order valence-corrected chi connectivity index (χ3v) is 4.33. The van der Waals surface area contributed by atoms with Crippen LogP contribution in [0.4, 0.5) is 4.39 Å². The number of imidazole rings is 1. The highest BCUT2D eigenvalue weighted by molar-refractivity contribution is 9.10. The Kier molecular flexibility index (Phi) is 5.57. The summed E-state index contributed by atoms with van der Waals surface area (Å²) >= 11 is 3.24. The smallest absolute Gasteiger partial charge is 0.190 e. The number of fused-ring (bicyclic) bond motifs is 1. The van der Waals surface area contributed by atoms with Gasteiger partial charge < -0.3 is 14.2 Å². The lowest BCUT2D eigenvalue weighted by molar-refractivity contribution is 0.0662. The van der Waals surface area contributed by atoms with Crippen LogP contribution in [-0.4, -0.2) is 40.1 Å². The second-order valence-electron chi connectivity index (χ2n) is 5.49. The molecule has 0 bridgehead atoms. The Labute approximate surface area is 152 Å². The number of halogens is 2. The van der Waals surface area contributed by atoms with Crippen LogP contribution in [0.15, 0.2) is 47.3 Å². The van der Waals surface area contributed by atoms with Gasteiger partial charge in [-0.1, -0.05) is 22.0 Å². The second-order valence-corrected chi connectivity index (χ2v) is 6.41. The van der Waals surface area contributed by atoms with Gasteiger partial charge in [0, 0.05) is 22.2 Å². The number of aliphatic hydroxyl groups excluding tert-OH is 1. The van der Waals surface area contributed by atoms with Crippen molar-refractivity contribution in [2.24, 2.45) is 0 Å². The van der Waals surface area contributed by atoms with E-state index in [-0.39, 0.29) is 37.8 Å². The molecule has 0 unspecified atom stereocenters. The number of carbonyl (C=O) groups excluding carboxylic acids is 1. The van der Waals surface area contributed by atoms with Gasteiger partial charge >= 0.3 is 0 Å². The summed E-state index contributed by atoms with van der Waals surface area (Å²) in [5.41, 5.74) is 2.40. The van der Waals surface area contributed by atoms with E-state index in [4.69, 9.17) is 9.84 Å². The molecule has 0 aliphatic heterocycles. The van der Waals surface area contributed by atoms with Crippen molar-refractivity contribution in [3.8, 4) is 0 Å². The Morgan fingerprint density at radius 3 is 2.92 bits per heavy atom. The Hall–Kier alpha value is -2.09. The van der Waals surface area contributed by atoms with Crippen LogP contribution in [0.25, 0.3) is 5.52 Å². The molecule has 0 radical (unpaired) electrons. The van der Waals surface area contributed by atoms with E-state index in [0.717, 1.165) is 5.52 Å². The molecule has 1 N–H and O–H groups in total. The number of rotatable bonds is 7. The molecule has 0 saturated carbocycles. The summed E-state index contributed by atoms with van der Waals surface area (Å²) in [6.07, 6.45) is 3.53. The van der Waals surface area contributed by atoms with Gasteiger partial charge in [-0.3, -0.25) is 4.79 Å². The number of hydrogen-bond donors (Lipinski definition) is 1. The topological polar surface area (TPSA) is 63.8 Å². The van der Waals surface area contributed by atoms with Crippen LogP contribution < -0.4 is 0 Å². The Balaban J connectivity index is 2.00. The minimum atomic E-state index is -0.346. The molecule has 130 valence electrons. The zero-order valence-electron chi connectivity index (χ0n) is 13.3. The molecule has 0 aliphatic rings. The molecule has 0 spiro atoms. The van der Waals surface area contributed by atoms with Gasteiger partial charge in [0.15, 0.2) is 5.78 Å².